The minimum atomic E-state index is 0.183. The predicted molar refractivity (Wildman–Crippen MR) is 71.4 cm³/mol. The van der Waals surface area contributed by atoms with Gasteiger partial charge in [0, 0.05) is 25.6 Å². The summed E-state index contributed by atoms with van der Waals surface area (Å²) in [6.45, 7) is 1.88. The third-order valence-corrected chi connectivity index (χ3v) is 3.87. The van der Waals surface area contributed by atoms with E-state index in [0.717, 1.165) is 32.1 Å². The summed E-state index contributed by atoms with van der Waals surface area (Å²) in [5.74, 6) is 6.58. The number of hydrogen-bond acceptors (Lipinski definition) is 3. The molecule has 17 heavy (non-hydrogen) atoms. The van der Waals surface area contributed by atoms with Gasteiger partial charge in [-0.3, -0.25) is 0 Å². The Morgan fingerprint density at radius 2 is 2.06 bits per heavy atom. The van der Waals surface area contributed by atoms with E-state index in [2.05, 4.69) is 11.8 Å². The van der Waals surface area contributed by atoms with Crippen molar-refractivity contribution in [2.45, 2.75) is 63.6 Å². The van der Waals surface area contributed by atoms with Gasteiger partial charge in [-0.15, -0.1) is 11.8 Å². The zero-order valence-electron chi connectivity index (χ0n) is 11.1. The lowest BCUT2D eigenvalue weighted by molar-refractivity contribution is 0.0826. The van der Waals surface area contributed by atoms with E-state index >= 15 is 0 Å². The van der Waals surface area contributed by atoms with Crippen molar-refractivity contribution in [1.82, 2.24) is 0 Å². The van der Waals surface area contributed by atoms with Crippen LogP contribution in [0.2, 0.25) is 0 Å². The summed E-state index contributed by atoms with van der Waals surface area (Å²) in [5.41, 5.74) is 12.0. The van der Waals surface area contributed by atoms with E-state index in [1.807, 2.05) is 6.92 Å². The highest BCUT2D eigenvalue weighted by Crippen LogP contribution is 2.28. The fourth-order valence-corrected chi connectivity index (χ4v) is 2.62. The second-order valence-electron chi connectivity index (χ2n) is 4.98. The molecule has 4 N–H and O–H groups in total. The molecule has 1 aliphatic carbocycles. The molecule has 0 bridgehead atoms. The van der Waals surface area contributed by atoms with Crippen molar-refractivity contribution in [3.63, 3.8) is 0 Å². The minimum absolute atomic E-state index is 0.183. The Morgan fingerprint density at radius 1 is 1.29 bits per heavy atom. The Hall–Kier alpha value is -0.560. The van der Waals surface area contributed by atoms with Crippen molar-refractivity contribution in [2.75, 3.05) is 7.11 Å². The number of ether oxygens (including phenoxy) is 1. The third kappa shape index (κ3) is 4.67. The molecule has 98 valence electrons. The first kappa shape index (κ1) is 14.5. The third-order valence-electron chi connectivity index (χ3n) is 3.87. The van der Waals surface area contributed by atoms with Crippen LogP contribution in [-0.4, -0.2) is 25.3 Å². The van der Waals surface area contributed by atoms with Crippen LogP contribution in [0.25, 0.3) is 0 Å². The van der Waals surface area contributed by atoms with Gasteiger partial charge in [-0.25, -0.2) is 0 Å². The maximum atomic E-state index is 6.08. The van der Waals surface area contributed by atoms with Gasteiger partial charge in [0.05, 0.1) is 6.10 Å². The standard InChI is InChI=1S/C14H26N2O/c1-3-4-5-6-12(17-2)9-7-11-8-10-13(15)14(11)16/h11-14H,5-10,15-16H2,1-2H3/t11?,12-,13?,14?/m0/s1. The van der Waals surface area contributed by atoms with Crippen LogP contribution in [0.4, 0.5) is 0 Å². The van der Waals surface area contributed by atoms with Crippen LogP contribution in [-0.2, 0) is 4.74 Å². The van der Waals surface area contributed by atoms with Gasteiger partial charge in [-0.2, -0.15) is 0 Å². The van der Waals surface area contributed by atoms with E-state index in [1.165, 1.54) is 6.42 Å². The van der Waals surface area contributed by atoms with Gasteiger partial charge in [0.15, 0.2) is 0 Å². The van der Waals surface area contributed by atoms with E-state index in [9.17, 15) is 0 Å². The monoisotopic (exact) mass is 238 g/mol. The van der Waals surface area contributed by atoms with Gasteiger partial charge in [0.1, 0.15) is 0 Å². The van der Waals surface area contributed by atoms with Crippen molar-refractivity contribution >= 4 is 0 Å². The molecule has 1 rings (SSSR count). The molecule has 0 heterocycles. The molecule has 3 unspecified atom stereocenters. The molecular formula is C14H26N2O. The fraction of sp³-hybridized carbons (Fsp3) is 0.857. The fourth-order valence-electron chi connectivity index (χ4n) is 2.62. The molecule has 0 aromatic rings. The highest BCUT2D eigenvalue weighted by atomic mass is 16.5. The van der Waals surface area contributed by atoms with Crippen molar-refractivity contribution in [3.8, 4) is 11.8 Å². The Kier molecular flexibility index (Phi) is 6.57. The molecule has 0 amide bonds. The Labute approximate surface area is 105 Å². The summed E-state index contributed by atoms with van der Waals surface area (Å²) in [6, 6.07) is 0.384. The number of methoxy groups -OCH3 is 1. The number of hydrogen-bond donors (Lipinski definition) is 2. The molecular weight excluding hydrogens is 212 g/mol. The lowest BCUT2D eigenvalue weighted by Gasteiger charge is -2.20. The molecule has 0 radical (unpaired) electrons. The Morgan fingerprint density at radius 3 is 2.59 bits per heavy atom. The van der Waals surface area contributed by atoms with Gasteiger partial charge in [-0.05, 0) is 44.9 Å². The maximum absolute atomic E-state index is 6.08. The topological polar surface area (TPSA) is 61.3 Å². The smallest absolute Gasteiger partial charge is 0.0580 e. The van der Waals surface area contributed by atoms with Gasteiger partial charge in [-0.1, -0.05) is 0 Å². The number of nitrogens with two attached hydrogens (primary N) is 2. The van der Waals surface area contributed by atoms with Crippen LogP contribution in [0.3, 0.4) is 0 Å². The van der Waals surface area contributed by atoms with E-state index in [4.69, 9.17) is 16.2 Å². The van der Waals surface area contributed by atoms with Gasteiger partial charge in [0.25, 0.3) is 0 Å². The first-order valence-corrected chi connectivity index (χ1v) is 6.62. The average molecular weight is 238 g/mol. The van der Waals surface area contributed by atoms with Crippen LogP contribution in [0.5, 0.6) is 0 Å². The summed E-state index contributed by atoms with van der Waals surface area (Å²) < 4.78 is 5.48. The normalized spacial score (nSPS) is 29.8. The Balaban J connectivity index is 2.24. The second-order valence-corrected chi connectivity index (χ2v) is 4.98. The SMILES string of the molecule is CC#CCC[C@@H](CCC1CCC(N)C1N)OC. The van der Waals surface area contributed by atoms with E-state index in [1.54, 1.807) is 7.11 Å². The summed E-state index contributed by atoms with van der Waals surface area (Å²) in [5, 5.41) is 0. The lowest BCUT2D eigenvalue weighted by Crippen LogP contribution is -2.40. The van der Waals surface area contributed by atoms with Crippen molar-refractivity contribution in [1.29, 1.82) is 0 Å². The predicted octanol–water partition coefficient (Wildman–Crippen LogP) is 1.65. The second kappa shape index (κ2) is 7.71. The summed E-state index contributed by atoms with van der Waals surface area (Å²) in [7, 11) is 1.78. The summed E-state index contributed by atoms with van der Waals surface area (Å²) in [6.07, 6.45) is 6.72. The molecule has 1 saturated carbocycles. The van der Waals surface area contributed by atoms with Gasteiger partial charge >= 0.3 is 0 Å². The van der Waals surface area contributed by atoms with E-state index in [0.29, 0.717) is 12.0 Å². The molecule has 1 fully saturated rings. The van der Waals surface area contributed by atoms with Gasteiger partial charge < -0.3 is 16.2 Å². The average Bonchev–Trinajstić information content (AvgIpc) is 2.65. The quantitative estimate of drug-likeness (QED) is 0.692. The van der Waals surface area contributed by atoms with Crippen LogP contribution in [0.1, 0.15) is 45.4 Å². The molecule has 1 aliphatic rings. The lowest BCUT2D eigenvalue weighted by atomic mass is 9.94. The van der Waals surface area contributed by atoms with E-state index < -0.39 is 0 Å². The summed E-state index contributed by atoms with van der Waals surface area (Å²) in [4.78, 5) is 0. The first-order valence-electron chi connectivity index (χ1n) is 6.62. The molecule has 0 aromatic carbocycles. The van der Waals surface area contributed by atoms with Crippen molar-refractivity contribution in [3.05, 3.63) is 0 Å². The van der Waals surface area contributed by atoms with Crippen LogP contribution >= 0.6 is 0 Å². The van der Waals surface area contributed by atoms with Crippen molar-refractivity contribution in [2.24, 2.45) is 17.4 Å². The molecule has 0 aliphatic heterocycles. The number of rotatable bonds is 6. The maximum Gasteiger partial charge on any atom is 0.0580 e. The van der Waals surface area contributed by atoms with Crippen LogP contribution in [0.15, 0.2) is 0 Å². The molecule has 0 spiro atoms. The summed E-state index contributed by atoms with van der Waals surface area (Å²) >= 11 is 0. The van der Waals surface area contributed by atoms with Crippen LogP contribution < -0.4 is 11.5 Å². The zero-order valence-corrected chi connectivity index (χ0v) is 11.1. The van der Waals surface area contributed by atoms with E-state index in [-0.39, 0.29) is 12.1 Å². The van der Waals surface area contributed by atoms with Crippen LogP contribution in [0, 0.1) is 17.8 Å². The van der Waals surface area contributed by atoms with Crippen molar-refractivity contribution < 1.29 is 4.74 Å². The largest absolute Gasteiger partial charge is 0.381 e. The molecule has 0 aromatic heterocycles. The highest BCUT2D eigenvalue weighted by Gasteiger charge is 2.30. The Bertz CT molecular complexity index is 269. The minimum Gasteiger partial charge on any atom is -0.381 e. The zero-order chi connectivity index (χ0) is 12.7. The molecule has 0 saturated heterocycles. The molecule has 4 atom stereocenters. The first-order chi connectivity index (χ1) is 8.19. The molecule has 3 heteroatoms. The highest BCUT2D eigenvalue weighted by molar-refractivity contribution is 4.95. The van der Waals surface area contributed by atoms with Gasteiger partial charge in [0.2, 0.25) is 0 Å². The molecule has 3 nitrogen and oxygen atoms in total.